The van der Waals surface area contributed by atoms with Crippen molar-refractivity contribution >= 4 is 0 Å². The topological polar surface area (TPSA) is 35.2 Å². The Morgan fingerprint density at radius 2 is 1.81 bits per heavy atom. The molecule has 2 aromatic carbocycles. The van der Waals surface area contributed by atoms with Crippen molar-refractivity contribution in [1.82, 2.24) is 0 Å². The lowest BCUT2D eigenvalue weighted by atomic mass is 10.1. The molecule has 1 atom stereocenters. The predicted molar refractivity (Wildman–Crippen MR) is 88.7 cm³/mol. The molecule has 0 bridgehead atoms. The monoisotopic (exact) mass is 283 g/mol. The molecular weight excluding hydrogens is 258 g/mol. The summed E-state index contributed by atoms with van der Waals surface area (Å²) in [7, 11) is 0. The van der Waals surface area contributed by atoms with Gasteiger partial charge in [0.15, 0.2) is 0 Å². The molecule has 2 N–H and O–H groups in total. The van der Waals surface area contributed by atoms with Gasteiger partial charge in [0.2, 0.25) is 0 Å². The van der Waals surface area contributed by atoms with Crippen LogP contribution in [0.4, 0.5) is 0 Å². The Hall–Kier alpha value is -1.80. The molecule has 2 heteroatoms. The van der Waals surface area contributed by atoms with Gasteiger partial charge in [-0.25, -0.2) is 0 Å². The lowest BCUT2D eigenvalue weighted by Gasteiger charge is -2.14. The van der Waals surface area contributed by atoms with Gasteiger partial charge in [-0.2, -0.15) is 0 Å². The standard InChI is InChI=1S/C19H25NO/c1-15-11-12-18(16(2)20)19(14-15)21-13-7-6-10-17-8-4-3-5-9-17/h3-5,8-9,11-12,14,16H,6-7,10,13,20H2,1-2H3. The van der Waals surface area contributed by atoms with Crippen LogP contribution < -0.4 is 10.5 Å². The molecule has 21 heavy (non-hydrogen) atoms. The van der Waals surface area contributed by atoms with Crippen molar-refractivity contribution in [2.45, 2.75) is 39.2 Å². The zero-order chi connectivity index (χ0) is 15.1. The van der Waals surface area contributed by atoms with E-state index in [9.17, 15) is 0 Å². The average molecular weight is 283 g/mol. The Kier molecular flexibility index (Phi) is 5.82. The summed E-state index contributed by atoms with van der Waals surface area (Å²) in [6.07, 6.45) is 3.31. The molecule has 2 nitrogen and oxygen atoms in total. The molecule has 0 aliphatic carbocycles. The van der Waals surface area contributed by atoms with E-state index in [1.165, 1.54) is 11.1 Å². The fraction of sp³-hybridized carbons (Fsp3) is 0.368. The van der Waals surface area contributed by atoms with Crippen LogP contribution in [0, 0.1) is 6.92 Å². The van der Waals surface area contributed by atoms with E-state index in [4.69, 9.17) is 10.5 Å². The number of hydrogen-bond donors (Lipinski definition) is 1. The predicted octanol–water partition coefficient (Wildman–Crippen LogP) is 4.42. The van der Waals surface area contributed by atoms with Crippen LogP contribution >= 0.6 is 0 Å². The van der Waals surface area contributed by atoms with Crippen molar-refractivity contribution in [3.8, 4) is 5.75 Å². The number of benzene rings is 2. The summed E-state index contributed by atoms with van der Waals surface area (Å²) in [6, 6.07) is 16.8. The molecule has 0 saturated heterocycles. The Morgan fingerprint density at radius 1 is 1.05 bits per heavy atom. The zero-order valence-corrected chi connectivity index (χ0v) is 13.0. The first-order valence-corrected chi connectivity index (χ1v) is 7.69. The molecule has 0 heterocycles. The SMILES string of the molecule is Cc1ccc(C(C)N)c(OCCCCc2ccccc2)c1. The summed E-state index contributed by atoms with van der Waals surface area (Å²) in [4.78, 5) is 0. The van der Waals surface area contributed by atoms with Gasteiger partial charge in [-0.05, 0) is 50.3 Å². The van der Waals surface area contributed by atoms with Gasteiger partial charge >= 0.3 is 0 Å². The molecule has 0 aliphatic rings. The van der Waals surface area contributed by atoms with Crippen molar-refractivity contribution in [1.29, 1.82) is 0 Å². The van der Waals surface area contributed by atoms with Crippen LogP contribution in [-0.4, -0.2) is 6.61 Å². The van der Waals surface area contributed by atoms with E-state index in [0.29, 0.717) is 0 Å². The second-order valence-electron chi connectivity index (χ2n) is 5.62. The van der Waals surface area contributed by atoms with E-state index in [1.807, 2.05) is 6.92 Å². The van der Waals surface area contributed by atoms with Gasteiger partial charge in [0.1, 0.15) is 5.75 Å². The summed E-state index contributed by atoms with van der Waals surface area (Å²) < 4.78 is 5.94. The number of aryl methyl sites for hydroxylation is 2. The van der Waals surface area contributed by atoms with Gasteiger partial charge in [-0.3, -0.25) is 0 Å². The van der Waals surface area contributed by atoms with Gasteiger partial charge in [0.05, 0.1) is 6.61 Å². The Labute approximate surface area is 127 Å². The highest BCUT2D eigenvalue weighted by Gasteiger charge is 2.08. The van der Waals surface area contributed by atoms with E-state index in [0.717, 1.165) is 37.2 Å². The van der Waals surface area contributed by atoms with Gasteiger partial charge in [-0.15, -0.1) is 0 Å². The first-order chi connectivity index (χ1) is 10.2. The van der Waals surface area contributed by atoms with E-state index < -0.39 is 0 Å². The fourth-order valence-electron chi connectivity index (χ4n) is 2.40. The number of rotatable bonds is 7. The van der Waals surface area contributed by atoms with Crippen LogP contribution in [0.3, 0.4) is 0 Å². The summed E-state index contributed by atoms with van der Waals surface area (Å²) >= 11 is 0. The van der Waals surface area contributed by atoms with Crippen LogP contribution in [0.15, 0.2) is 48.5 Å². The molecule has 0 saturated carbocycles. The maximum atomic E-state index is 5.99. The normalized spacial score (nSPS) is 12.1. The highest BCUT2D eigenvalue weighted by molar-refractivity contribution is 5.38. The van der Waals surface area contributed by atoms with Gasteiger partial charge in [-0.1, -0.05) is 42.5 Å². The highest BCUT2D eigenvalue weighted by Crippen LogP contribution is 2.25. The molecule has 0 fully saturated rings. The van der Waals surface area contributed by atoms with Gasteiger partial charge < -0.3 is 10.5 Å². The summed E-state index contributed by atoms with van der Waals surface area (Å²) in [6.45, 7) is 4.82. The lowest BCUT2D eigenvalue weighted by Crippen LogP contribution is -2.09. The Bertz CT molecular complexity index is 549. The fourth-order valence-corrected chi connectivity index (χ4v) is 2.40. The summed E-state index contributed by atoms with van der Waals surface area (Å²) in [5, 5.41) is 0. The molecule has 1 unspecified atom stereocenters. The number of nitrogens with two attached hydrogens (primary N) is 1. The minimum Gasteiger partial charge on any atom is -0.493 e. The van der Waals surface area contributed by atoms with E-state index in [-0.39, 0.29) is 6.04 Å². The van der Waals surface area contributed by atoms with E-state index >= 15 is 0 Å². The van der Waals surface area contributed by atoms with Gasteiger partial charge in [0, 0.05) is 11.6 Å². The molecule has 0 spiro atoms. The third kappa shape index (κ3) is 4.91. The van der Waals surface area contributed by atoms with Crippen LogP contribution in [-0.2, 0) is 6.42 Å². The molecule has 2 aromatic rings. The molecule has 0 aromatic heterocycles. The molecule has 2 rings (SSSR count). The minimum atomic E-state index is 0.00455. The van der Waals surface area contributed by atoms with Crippen molar-refractivity contribution in [3.63, 3.8) is 0 Å². The Balaban J connectivity index is 1.79. The van der Waals surface area contributed by atoms with Crippen LogP contribution in [0.5, 0.6) is 5.75 Å². The van der Waals surface area contributed by atoms with Crippen molar-refractivity contribution in [2.24, 2.45) is 5.73 Å². The lowest BCUT2D eigenvalue weighted by molar-refractivity contribution is 0.302. The third-order valence-electron chi connectivity index (χ3n) is 3.62. The Morgan fingerprint density at radius 3 is 2.52 bits per heavy atom. The minimum absolute atomic E-state index is 0.00455. The first kappa shape index (κ1) is 15.6. The quantitative estimate of drug-likeness (QED) is 0.764. The maximum Gasteiger partial charge on any atom is 0.124 e. The van der Waals surface area contributed by atoms with E-state index in [1.54, 1.807) is 0 Å². The summed E-state index contributed by atoms with van der Waals surface area (Å²) in [5.41, 5.74) is 9.68. The average Bonchev–Trinajstić information content (AvgIpc) is 2.48. The number of ether oxygens (including phenoxy) is 1. The second-order valence-corrected chi connectivity index (χ2v) is 5.62. The summed E-state index contributed by atoms with van der Waals surface area (Å²) in [5.74, 6) is 0.935. The number of hydrogen-bond acceptors (Lipinski definition) is 2. The van der Waals surface area contributed by atoms with Crippen molar-refractivity contribution in [3.05, 3.63) is 65.2 Å². The molecule has 0 amide bonds. The van der Waals surface area contributed by atoms with Crippen LogP contribution in [0.1, 0.15) is 42.5 Å². The molecular formula is C19H25NO. The molecule has 112 valence electrons. The number of unbranched alkanes of at least 4 members (excludes halogenated alkanes) is 1. The maximum absolute atomic E-state index is 5.99. The first-order valence-electron chi connectivity index (χ1n) is 7.69. The smallest absolute Gasteiger partial charge is 0.124 e. The van der Waals surface area contributed by atoms with Crippen molar-refractivity contribution in [2.75, 3.05) is 6.61 Å². The zero-order valence-electron chi connectivity index (χ0n) is 13.0. The highest BCUT2D eigenvalue weighted by atomic mass is 16.5. The van der Waals surface area contributed by atoms with E-state index in [2.05, 4.69) is 55.5 Å². The third-order valence-corrected chi connectivity index (χ3v) is 3.62. The van der Waals surface area contributed by atoms with Crippen LogP contribution in [0.25, 0.3) is 0 Å². The molecule has 0 radical (unpaired) electrons. The second kappa shape index (κ2) is 7.84. The molecule has 0 aliphatic heterocycles. The van der Waals surface area contributed by atoms with Crippen molar-refractivity contribution < 1.29 is 4.74 Å². The largest absolute Gasteiger partial charge is 0.493 e. The van der Waals surface area contributed by atoms with Gasteiger partial charge in [0.25, 0.3) is 0 Å². The van der Waals surface area contributed by atoms with Crippen LogP contribution in [0.2, 0.25) is 0 Å².